The molecule has 0 spiro atoms. The summed E-state index contributed by atoms with van der Waals surface area (Å²) in [5.41, 5.74) is 5.67. The van der Waals surface area contributed by atoms with E-state index in [2.05, 4.69) is 4.98 Å². The van der Waals surface area contributed by atoms with E-state index in [1.54, 1.807) is 19.5 Å². The van der Waals surface area contributed by atoms with E-state index < -0.39 is 5.97 Å². The van der Waals surface area contributed by atoms with Crippen LogP contribution in [-0.4, -0.2) is 18.1 Å². The predicted octanol–water partition coefficient (Wildman–Crippen LogP) is -0.438. The van der Waals surface area contributed by atoms with Crippen molar-refractivity contribution in [2.24, 2.45) is 0 Å². The number of methoxy groups -OCH3 is 1. The van der Waals surface area contributed by atoms with Crippen LogP contribution in [0.4, 0.5) is 0 Å². The summed E-state index contributed by atoms with van der Waals surface area (Å²) < 4.78 is 5.27. The van der Waals surface area contributed by atoms with E-state index >= 15 is 0 Å². The zero-order valence-corrected chi connectivity index (χ0v) is 16.0. The van der Waals surface area contributed by atoms with Crippen LogP contribution in [0.5, 0.6) is 5.75 Å². The first-order chi connectivity index (χ1) is 11.1. The van der Waals surface area contributed by atoms with Crippen molar-refractivity contribution in [1.29, 1.82) is 0 Å². The first kappa shape index (κ1) is 18.5. The van der Waals surface area contributed by atoms with Crippen LogP contribution >= 0.6 is 0 Å². The van der Waals surface area contributed by atoms with Crippen molar-refractivity contribution in [3.63, 3.8) is 0 Å². The predicted molar refractivity (Wildman–Crippen MR) is 87.3 cm³/mol. The number of aliphatic carboxylic acids is 1. The van der Waals surface area contributed by atoms with Crippen LogP contribution in [0.3, 0.4) is 0 Å². The van der Waals surface area contributed by atoms with Crippen molar-refractivity contribution < 1.29 is 44.2 Å². The molecule has 1 aromatic heterocycles. The molecule has 0 fully saturated rings. The number of allylic oxidation sites excluding steroid dienone is 2. The molecule has 116 valence electrons. The van der Waals surface area contributed by atoms with Crippen LogP contribution < -0.4 is 39.4 Å². The van der Waals surface area contributed by atoms with Crippen molar-refractivity contribution in [1.82, 2.24) is 4.98 Å². The fraction of sp³-hybridized carbons (Fsp3) is 0.158. The van der Waals surface area contributed by atoms with Crippen molar-refractivity contribution in [3.05, 3.63) is 65.0 Å². The molecule has 1 aliphatic carbocycles. The third-order valence-electron chi connectivity index (χ3n) is 4.04. The molecular weight excluding hydrogens is 313 g/mol. The maximum absolute atomic E-state index is 11.1. The average Bonchev–Trinajstić information content (AvgIpc) is 2.80. The second kappa shape index (κ2) is 7.79. The molecule has 1 heterocycles. The number of rotatable bonds is 4. The summed E-state index contributed by atoms with van der Waals surface area (Å²) in [7, 11) is 1.60. The molecule has 0 N–H and O–H groups in total. The Kier molecular flexibility index (Phi) is 5.99. The molecule has 0 bridgehead atoms. The van der Waals surface area contributed by atoms with Crippen molar-refractivity contribution >= 4 is 23.2 Å². The molecule has 0 aliphatic heterocycles. The van der Waals surface area contributed by atoms with Gasteiger partial charge in [-0.05, 0) is 70.7 Å². The van der Waals surface area contributed by atoms with Crippen molar-refractivity contribution in [2.75, 3.05) is 7.11 Å². The zero-order chi connectivity index (χ0) is 16.4. The summed E-state index contributed by atoms with van der Waals surface area (Å²) >= 11 is 0. The summed E-state index contributed by atoms with van der Waals surface area (Å²) in [5.74, 6) is -0.379. The van der Waals surface area contributed by atoms with Gasteiger partial charge in [0.25, 0.3) is 0 Å². The Balaban J connectivity index is 0.00000208. The maximum Gasteiger partial charge on any atom is 1.00 e. The normalized spacial score (nSPS) is 14.3. The van der Waals surface area contributed by atoms with Gasteiger partial charge in [0.05, 0.1) is 7.11 Å². The number of aromatic nitrogens is 1. The third kappa shape index (κ3) is 3.61. The summed E-state index contributed by atoms with van der Waals surface area (Å²) in [6.07, 6.45) is 5.40. The molecule has 2 aromatic rings. The van der Waals surface area contributed by atoms with Crippen LogP contribution in [0, 0.1) is 0 Å². The molecule has 4 nitrogen and oxygen atoms in total. The van der Waals surface area contributed by atoms with Gasteiger partial charge < -0.3 is 14.6 Å². The van der Waals surface area contributed by atoms with E-state index in [0.29, 0.717) is 5.75 Å². The van der Waals surface area contributed by atoms with Gasteiger partial charge in [-0.1, -0.05) is 6.07 Å². The van der Waals surface area contributed by atoms with Gasteiger partial charge in [-0.15, -0.1) is 0 Å². The maximum atomic E-state index is 11.1. The summed E-state index contributed by atoms with van der Waals surface area (Å²) in [4.78, 5) is 15.1. The van der Waals surface area contributed by atoms with Crippen LogP contribution in [0.25, 0.3) is 17.2 Å². The Morgan fingerprint density at radius 1 is 1.21 bits per heavy atom. The summed E-state index contributed by atoms with van der Waals surface area (Å²) in [5, 5.41) is 11.1. The van der Waals surface area contributed by atoms with Crippen LogP contribution in [0.15, 0.2) is 48.3 Å². The minimum atomic E-state index is -1.08. The topological polar surface area (TPSA) is 62.2 Å². The number of carboxylic acids is 1. The number of hydrogen-bond donors (Lipinski definition) is 0. The standard InChI is InChI=1S/C19H17NO3.Na/c1-12-16(9-13-5-7-20-8-6-13)15-4-3-14(23-2)10-18(15)17(12)11-19(21)22;/h3-10H,11H2,1-2H3,(H,21,22);/q;+1/p-1/b16-9-;. The van der Waals surface area contributed by atoms with Gasteiger partial charge in [-0.2, -0.15) is 0 Å². The van der Waals surface area contributed by atoms with Crippen LogP contribution in [-0.2, 0) is 4.79 Å². The Labute approximate surface area is 163 Å². The van der Waals surface area contributed by atoms with Crippen LogP contribution in [0.1, 0.15) is 30.0 Å². The molecule has 0 saturated carbocycles. The van der Waals surface area contributed by atoms with Gasteiger partial charge in [0.1, 0.15) is 5.75 Å². The van der Waals surface area contributed by atoms with Crippen molar-refractivity contribution in [2.45, 2.75) is 13.3 Å². The fourth-order valence-corrected chi connectivity index (χ4v) is 2.89. The number of carboxylic acid groups (broad SMARTS) is 1. The van der Waals surface area contributed by atoms with E-state index in [1.807, 2.05) is 43.3 Å². The number of benzene rings is 1. The van der Waals surface area contributed by atoms with Gasteiger partial charge in [0.15, 0.2) is 0 Å². The minimum Gasteiger partial charge on any atom is -0.550 e. The largest absolute Gasteiger partial charge is 1.00 e. The molecule has 0 atom stereocenters. The Morgan fingerprint density at radius 3 is 2.54 bits per heavy atom. The molecular formula is C19H16NNaO3. The Bertz CT molecular complexity index is 826. The smallest absolute Gasteiger partial charge is 0.550 e. The molecule has 0 unspecified atom stereocenters. The van der Waals surface area contributed by atoms with Gasteiger partial charge in [-0.25, -0.2) is 0 Å². The molecule has 24 heavy (non-hydrogen) atoms. The van der Waals surface area contributed by atoms with Gasteiger partial charge in [0.2, 0.25) is 0 Å². The molecule has 0 radical (unpaired) electrons. The second-order valence-corrected chi connectivity index (χ2v) is 5.40. The number of fused-ring (bicyclic) bond motifs is 1. The Morgan fingerprint density at radius 2 is 1.92 bits per heavy atom. The molecule has 3 rings (SSSR count). The summed E-state index contributed by atoms with van der Waals surface area (Å²) in [6.45, 7) is 1.94. The molecule has 0 amide bonds. The average molecular weight is 329 g/mol. The summed E-state index contributed by atoms with van der Waals surface area (Å²) in [6, 6.07) is 9.56. The van der Waals surface area contributed by atoms with E-state index in [9.17, 15) is 9.90 Å². The number of hydrogen-bond acceptors (Lipinski definition) is 4. The van der Waals surface area contributed by atoms with E-state index in [1.165, 1.54) is 0 Å². The van der Waals surface area contributed by atoms with Crippen LogP contribution in [0.2, 0.25) is 0 Å². The number of ether oxygens (including phenoxy) is 1. The quantitative estimate of drug-likeness (QED) is 0.714. The molecule has 1 aromatic carbocycles. The van der Waals surface area contributed by atoms with Gasteiger partial charge in [-0.3, -0.25) is 4.98 Å². The minimum absolute atomic E-state index is 0. The zero-order valence-electron chi connectivity index (χ0n) is 14.0. The number of pyridine rings is 1. The molecule has 1 aliphatic rings. The fourth-order valence-electron chi connectivity index (χ4n) is 2.89. The third-order valence-corrected chi connectivity index (χ3v) is 4.04. The first-order valence-electron chi connectivity index (χ1n) is 7.30. The van der Waals surface area contributed by atoms with E-state index in [-0.39, 0.29) is 36.0 Å². The molecule has 0 saturated heterocycles. The van der Waals surface area contributed by atoms with Crippen molar-refractivity contribution in [3.8, 4) is 5.75 Å². The van der Waals surface area contributed by atoms with Gasteiger partial charge in [0, 0.05) is 24.8 Å². The second-order valence-electron chi connectivity index (χ2n) is 5.40. The molecule has 5 heteroatoms. The van der Waals surface area contributed by atoms with Gasteiger partial charge >= 0.3 is 29.6 Å². The number of carbonyl (C=O) groups excluding carboxylic acids is 1. The van der Waals surface area contributed by atoms with E-state index in [4.69, 9.17) is 4.74 Å². The number of carbonyl (C=O) groups is 1. The first-order valence-corrected chi connectivity index (χ1v) is 7.30. The SMILES string of the molecule is COc1ccc2c(c1)C(CC(=O)[O-])=C(C)/C2=C/c1ccncc1.[Na+]. The Hall–Kier alpha value is -1.88. The number of nitrogens with zero attached hydrogens (tertiary/aromatic N) is 1. The van der Waals surface area contributed by atoms with E-state index in [0.717, 1.165) is 33.4 Å². The monoisotopic (exact) mass is 329 g/mol.